The minimum Gasteiger partial charge on any atom is -0.351 e. The van der Waals surface area contributed by atoms with E-state index in [1.54, 1.807) is 18.3 Å². The molecule has 0 bridgehead atoms. The van der Waals surface area contributed by atoms with Crippen molar-refractivity contribution < 1.29 is 9.18 Å². The molecule has 0 fully saturated rings. The molecule has 4 nitrogen and oxygen atoms in total. The molecular weight excluding hydrogens is 361 g/mol. The summed E-state index contributed by atoms with van der Waals surface area (Å²) in [6.07, 6.45) is 3.64. The molecule has 0 spiro atoms. The number of hydrogen-bond acceptors (Lipinski definition) is 3. The van der Waals surface area contributed by atoms with Gasteiger partial charge in [-0.25, -0.2) is 9.37 Å². The van der Waals surface area contributed by atoms with Gasteiger partial charge in [0.15, 0.2) is 5.16 Å². The molecule has 0 radical (unpaired) electrons. The number of halogens is 1. The van der Waals surface area contributed by atoms with Crippen molar-refractivity contribution in [1.29, 1.82) is 0 Å². The molecule has 6 heteroatoms. The topological polar surface area (TPSA) is 46.9 Å². The molecule has 0 saturated heterocycles. The van der Waals surface area contributed by atoms with Gasteiger partial charge < -0.3 is 5.32 Å². The van der Waals surface area contributed by atoms with E-state index in [4.69, 9.17) is 0 Å². The predicted molar refractivity (Wildman–Crippen MR) is 107 cm³/mol. The van der Waals surface area contributed by atoms with E-state index in [1.165, 1.54) is 35.0 Å². The zero-order chi connectivity index (χ0) is 19.4. The van der Waals surface area contributed by atoms with Crippen molar-refractivity contribution >= 4 is 17.7 Å². The van der Waals surface area contributed by atoms with Crippen LogP contribution in [0.2, 0.25) is 0 Å². The molecule has 1 N–H and O–H groups in total. The molecule has 27 heavy (non-hydrogen) atoms. The Hall–Kier alpha value is -2.60. The van der Waals surface area contributed by atoms with Gasteiger partial charge in [0, 0.05) is 24.6 Å². The molecular formula is C21H22FN3OS. The number of nitrogens with one attached hydrogen (secondary N) is 1. The number of benzene rings is 2. The lowest BCUT2D eigenvalue weighted by Crippen LogP contribution is -2.30. The molecule has 1 aromatic heterocycles. The van der Waals surface area contributed by atoms with Crippen LogP contribution < -0.4 is 5.32 Å². The first-order valence-electron chi connectivity index (χ1n) is 8.73. The standard InChI is InChI=1S/C21H22FN3OS/c1-14-10-15(2)12-19(11-14)25-9-8-23-21(25)27-16(3)20(26)24-13-17-4-6-18(22)7-5-17/h4-12,16H,13H2,1-3H3,(H,24,26). The molecule has 0 aliphatic carbocycles. The van der Waals surface area contributed by atoms with E-state index in [0.717, 1.165) is 16.4 Å². The second-order valence-corrected chi connectivity index (χ2v) is 7.84. The molecule has 1 unspecified atom stereocenters. The van der Waals surface area contributed by atoms with Gasteiger partial charge in [-0.1, -0.05) is 30.0 Å². The van der Waals surface area contributed by atoms with Crippen LogP contribution in [0.25, 0.3) is 5.69 Å². The zero-order valence-electron chi connectivity index (χ0n) is 15.6. The summed E-state index contributed by atoms with van der Waals surface area (Å²) in [5.74, 6) is -0.369. The third-order valence-electron chi connectivity index (χ3n) is 4.12. The Morgan fingerprint density at radius 1 is 1.19 bits per heavy atom. The van der Waals surface area contributed by atoms with Crippen LogP contribution in [0, 0.1) is 19.7 Å². The Balaban J connectivity index is 1.65. The lowest BCUT2D eigenvalue weighted by atomic mass is 10.1. The second-order valence-electron chi connectivity index (χ2n) is 6.53. The largest absolute Gasteiger partial charge is 0.351 e. The monoisotopic (exact) mass is 383 g/mol. The highest BCUT2D eigenvalue weighted by Gasteiger charge is 2.17. The zero-order valence-corrected chi connectivity index (χ0v) is 16.4. The molecule has 1 atom stereocenters. The van der Waals surface area contributed by atoms with Crippen LogP contribution >= 0.6 is 11.8 Å². The summed E-state index contributed by atoms with van der Waals surface area (Å²) >= 11 is 1.41. The van der Waals surface area contributed by atoms with Gasteiger partial charge in [0.1, 0.15) is 5.82 Å². The first kappa shape index (κ1) is 19.2. The van der Waals surface area contributed by atoms with E-state index in [9.17, 15) is 9.18 Å². The van der Waals surface area contributed by atoms with E-state index in [0.29, 0.717) is 6.54 Å². The average molecular weight is 383 g/mol. The molecule has 140 valence electrons. The summed E-state index contributed by atoms with van der Waals surface area (Å²) in [6, 6.07) is 12.4. The van der Waals surface area contributed by atoms with Crippen molar-refractivity contribution in [1.82, 2.24) is 14.9 Å². The number of imidazole rings is 1. The van der Waals surface area contributed by atoms with Crippen LogP contribution in [0.3, 0.4) is 0 Å². The molecule has 2 aromatic carbocycles. The fraction of sp³-hybridized carbons (Fsp3) is 0.238. The minimum atomic E-state index is -0.308. The first-order valence-corrected chi connectivity index (χ1v) is 9.61. The van der Waals surface area contributed by atoms with Gasteiger partial charge in [0.05, 0.1) is 5.25 Å². The number of amides is 1. The number of carbonyl (C=O) groups excluding carboxylic acids is 1. The number of aryl methyl sites for hydroxylation is 2. The summed E-state index contributed by atoms with van der Waals surface area (Å²) in [4.78, 5) is 16.8. The fourth-order valence-electron chi connectivity index (χ4n) is 2.81. The smallest absolute Gasteiger partial charge is 0.233 e. The lowest BCUT2D eigenvalue weighted by molar-refractivity contribution is -0.120. The van der Waals surface area contributed by atoms with Gasteiger partial charge in [0.25, 0.3) is 0 Å². The fourth-order valence-corrected chi connectivity index (χ4v) is 3.72. The Bertz CT molecular complexity index is 917. The van der Waals surface area contributed by atoms with E-state index < -0.39 is 0 Å². The number of thioether (sulfide) groups is 1. The summed E-state index contributed by atoms with van der Waals surface area (Å²) < 4.78 is 14.9. The highest BCUT2D eigenvalue weighted by Crippen LogP contribution is 2.25. The number of nitrogens with zero attached hydrogens (tertiary/aromatic N) is 2. The molecule has 3 rings (SSSR count). The van der Waals surface area contributed by atoms with Gasteiger partial charge in [-0.05, 0) is 61.7 Å². The number of aromatic nitrogens is 2. The average Bonchev–Trinajstić information content (AvgIpc) is 3.08. The van der Waals surface area contributed by atoms with Crippen LogP contribution in [0.5, 0.6) is 0 Å². The van der Waals surface area contributed by atoms with E-state index >= 15 is 0 Å². The van der Waals surface area contributed by atoms with Crippen molar-refractivity contribution in [3.63, 3.8) is 0 Å². The summed E-state index contributed by atoms with van der Waals surface area (Å²) in [6.45, 7) is 6.35. The molecule has 0 aliphatic rings. The maximum absolute atomic E-state index is 13.0. The first-order chi connectivity index (χ1) is 12.9. The summed E-state index contributed by atoms with van der Waals surface area (Å²) in [5, 5.41) is 3.35. The van der Waals surface area contributed by atoms with Crippen LogP contribution in [-0.2, 0) is 11.3 Å². The highest BCUT2D eigenvalue weighted by molar-refractivity contribution is 8.00. The van der Waals surface area contributed by atoms with Crippen LogP contribution in [0.15, 0.2) is 60.0 Å². The third-order valence-corrected chi connectivity index (χ3v) is 5.20. The van der Waals surface area contributed by atoms with Gasteiger partial charge in [0.2, 0.25) is 5.91 Å². The van der Waals surface area contributed by atoms with Crippen LogP contribution in [-0.4, -0.2) is 20.7 Å². The Morgan fingerprint density at radius 2 is 1.85 bits per heavy atom. The van der Waals surface area contributed by atoms with E-state index in [1.807, 2.05) is 17.7 Å². The maximum atomic E-state index is 13.0. The maximum Gasteiger partial charge on any atom is 0.233 e. The number of carbonyl (C=O) groups is 1. The molecule has 0 aliphatic heterocycles. The van der Waals surface area contributed by atoms with Gasteiger partial charge in [-0.15, -0.1) is 0 Å². The predicted octanol–water partition coefficient (Wildman–Crippen LogP) is 4.43. The van der Waals surface area contributed by atoms with Crippen molar-refractivity contribution in [3.8, 4) is 5.69 Å². The quantitative estimate of drug-likeness (QED) is 0.641. The normalized spacial score (nSPS) is 12.0. The molecule has 1 amide bonds. The molecule has 0 saturated carbocycles. The van der Waals surface area contributed by atoms with E-state index in [-0.39, 0.29) is 17.0 Å². The van der Waals surface area contributed by atoms with Gasteiger partial charge in [-0.3, -0.25) is 9.36 Å². The van der Waals surface area contributed by atoms with Gasteiger partial charge in [-0.2, -0.15) is 0 Å². The van der Waals surface area contributed by atoms with Crippen LogP contribution in [0.4, 0.5) is 4.39 Å². The second kappa shape index (κ2) is 8.39. The Labute approximate surface area is 162 Å². The summed E-state index contributed by atoms with van der Waals surface area (Å²) in [7, 11) is 0. The van der Waals surface area contributed by atoms with Crippen molar-refractivity contribution in [3.05, 3.63) is 77.4 Å². The summed E-state index contributed by atoms with van der Waals surface area (Å²) in [5.41, 5.74) is 4.25. The van der Waals surface area contributed by atoms with Crippen molar-refractivity contribution in [2.45, 2.75) is 37.7 Å². The van der Waals surface area contributed by atoms with E-state index in [2.05, 4.69) is 42.3 Å². The van der Waals surface area contributed by atoms with Crippen molar-refractivity contribution in [2.75, 3.05) is 0 Å². The van der Waals surface area contributed by atoms with Crippen LogP contribution in [0.1, 0.15) is 23.6 Å². The Kier molecular flexibility index (Phi) is 5.96. The molecule has 1 heterocycles. The minimum absolute atomic E-state index is 0.0840. The highest BCUT2D eigenvalue weighted by atomic mass is 32.2. The third kappa shape index (κ3) is 4.98. The lowest BCUT2D eigenvalue weighted by Gasteiger charge is -2.14. The number of hydrogen-bond donors (Lipinski definition) is 1. The Morgan fingerprint density at radius 3 is 2.52 bits per heavy atom. The molecule has 3 aromatic rings. The number of rotatable bonds is 6. The van der Waals surface area contributed by atoms with Crippen molar-refractivity contribution in [2.24, 2.45) is 0 Å². The van der Waals surface area contributed by atoms with Gasteiger partial charge >= 0.3 is 0 Å². The SMILES string of the molecule is Cc1cc(C)cc(-n2ccnc2SC(C)C(=O)NCc2ccc(F)cc2)c1.